The predicted molar refractivity (Wildman–Crippen MR) is 125 cm³/mol. The van der Waals surface area contributed by atoms with Gasteiger partial charge in [0.25, 0.3) is 10.0 Å². The van der Waals surface area contributed by atoms with E-state index >= 15 is 0 Å². The molecule has 1 aromatic carbocycles. The highest BCUT2D eigenvalue weighted by molar-refractivity contribution is 7.91. The van der Waals surface area contributed by atoms with E-state index in [1.807, 2.05) is 25.1 Å². The zero-order chi connectivity index (χ0) is 22.3. The molecular formula is C23H33N3O3S2. The lowest BCUT2D eigenvalue weighted by Gasteiger charge is -2.33. The molecule has 2 heterocycles. The number of piperidine rings is 1. The minimum atomic E-state index is -3.39. The third-order valence-electron chi connectivity index (χ3n) is 6.02. The van der Waals surface area contributed by atoms with Gasteiger partial charge in [-0.3, -0.25) is 4.79 Å². The number of nitrogens with zero attached hydrogens (tertiary/aromatic N) is 2. The highest BCUT2D eigenvalue weighted by Gasteiger charge is 2.33. The molecule has 170 valence electrons. The van der Waals surface area contributed by atoms with Crippen LogP contribution in [-0.4, -0.2) is 56.8 Å². The molecule has 2 aromatic rings. The van der Waals surface area contributed by atoms with Gasteiger partial charge in [-0.2, -0.15) is 4.31 Å². The second-order valence-electron chi connectivity index (χ2n) is 8.33. The first-order valence-electron chi connectivity index (χ1n) is 10.9. The number of carbonyl (C=O) groups is 1. The van der Waals surface area contributed by atoms with E-state index in [0.29, 0.717) is 23.8 Å². The van der Waals surface area contributed by atoms with E-state index in [1.165, 1.54) is 16.9 Å². The fourth-order valence-corrected chi connectivity index (χ4v) is 6.68. The number of thiophene rings is 1. The second-order valence-corrected chi connectivity index (χ2v) is 11.4. The number of sulfonamides is 1. The Kier molecular flexibility index (Phi) is 8.66. The lowest BCUT2D eigenvalue weighted by atomic mass is 9.85. The van der Waals surface area contributed by atoms with Crippen LogP contribution in [0.3, 0.4) is 0 Å². The number of hydrogen-bond donors (Lipinski definition) is 1. The molecule has 1 saturated heterocycles. The summed E-state index contributed by atoms with van der Waals surface area (Å²) in [6.07, 6.45) is 2.34. The molecule has 0 spiro atoms. The summed E-state index contributed by atoms with van der Waals surface area (Å²) >= 11 is 1.25. The summed E-state index contributed by atoms with van der Waals surface area (Å²) in [5, 5.41) is 4.85. The van der Waals surface area contributed by atoms with Crippen LogP contribution in [0.1, 0.15) is 31.7 Å². The Morgan fingerprint density at radius 3 is 2.55 bits per heavy atom. The molecule has 1 amide bonds. The first-order valence-corrected chi connectivity index (χ1v) is 13.2. The van der Waals surface area contributed by atoms with Crippen molar-refractivity contribution in [3.63, 3.8) is 0 Å². The van der Waals surface area contributed by atoms with Gasteiger partial charge in [0, 0.05) is 32.1 Å². The second kappa shape index (κ2) is 11.2. The van der Waals surface area contributed by atoms with Crippen LogP contribution in [0.5, 0.6) is 0 Å². The SMILES string of the molecule is C[C@@H](C(=O)NCCCN(C)Cc1ccccc1)C1CCN(S(=O)(=O)c2cccs2)CC1. The molecule has 0 saturated carbocycles. The Morgan fingerprint density at radius 2 is 1.90 bits per heavy atom. The highest BCUT2D eigenvalue weighted by atomic mass is 32.2. The molecule has 6 nitrogen and oxygen atoms in total. The lowest BCUT2D eigenvalue weighted by molar-refractivity contribution is -0.126. The zero-order valence-corrected chi connectivity index (χ0v) is 20.0. The molecule has 1 atom stereocenters. The summed E-state index contributed by atoms with van der Waals surface area (Å²) < 4.78 is 27.3. The van der Waals surface area contributed by atoms with Crippen LogP contribution in [0.25, 0.3) is 0 Å². The number of carbonyl (C=O) groups excluding carboxylic acids is 1. The molecule has 0 bridgehead atoms. The number of amides is 1. The monoisotopic (exact) mass is 463 g/mol. The van der Waals surface area contributed by atoms with Crippen LogP contribution < -0.4 is 5.32 Å². The van der Waals surface area contributed by atoms with Gasteiger partial charge in [-0.1, -0.05) is 43.3 Å². The number of nitrogens with one attached hydrogen (secondary N) is 1. The molecule has 0 radical (unpaired) electrons. The maximum atomic E-state index is 12.7. The van der Waals surface area contributed by atoms with Gasteiger partial charge in [-0.15, -0.1) is 11.3 Å². The Hall–Kier alpha value is -1.74. The molecule has 31 heavy (non-hydrogen) atoms. The predicted octanol–water partition coefficient (Wildman–Crippen LogP) is 3.42. The largest absolute Gasteiger partial charge is 0.356 e. The normalized spacial score (nSPS) is 17.0. The average molecular weight is 464 g/mol. The molecule has 1 fully saturated rings. The minimum Gasteiger partial charge on any atom is -0.356 e. The third kappa shape index (κ3) is 6.62. The maximum Gasteiger partial charge on any atom is 0.252 e. The van der Waals surface area contributed by atoms with Crippen molar-refractivity contribution in [2.75, 3.05) is 33.2 Å². The molecule has 3 rings (SSSR count). The van der Waals surface area contributed by atoms with Crippen LogP contribution in [0.4, 0.5) is 0 Å². The van der Waals surface area contributed by atoms with Crippen molar-refractivity contribution in [3.8, 4) is 0 Å². The molecule has 8 heteroatoms. The van der Waals surface area contributed by atoms with Gasteiger partial charge in [-0.25, -0.2) is 8.42 Å². The van der Waals surface area contributed by atoms with Crippen molar-refractivity contribution in [3.05, 3.63) is 53.4 Å². The van der Waals surface area contributed by atoms with E-state index in [-0.39, 0.29) is 17.7 Å². The molecule has 0 aliphatic carbocycles. The minimum absolute atomic E-state index is 0.0743. The summed E-state index contributed by atoms with van der Waals surface area (Å²) in [6.45, 7) is 5.40. The number of hydrogen-bond acceptors (Lipinski definition) is 5. The number of benzene rings is 1. The first-order chi connectivity index (χ1) is 14.9. The van der Waals surface area contributed by atoms with Crippen LogP contribution in [0, 0.1) is 11.8 Å². The van der Waals surface area contributed by atoms with E-state index in [2.05, 4.69) is 29.4 Å². The Labute approximate surface area is 190 Å². The number of rotatable bonds is 10. The Morgan fingerprint density at radius 1 is 1.19 bits per heavy atom. The zero-order valence-electron chi connectivity index (χ0n) is 18.4. The van der Waals surface area contributed by atoms with Gasteiger partial charge >= 0.3 is 0 Å². The molecule has 1 N–H and O–H groups in total. The van der Waals surface area contributed by atoms with Crippen molar-refractivity contribution in [1.82, 2.24) is 14.5 Å². The summed E-state index contributed by atoms with van der Waals surface area (Å²) in [5.41, 5.74) is 1.29. The van der Waals surface area contributed by atoms with E-state index in [1.54, 1.807) is 21.8 Å². The van der Waals surface area contributed by atoms with E-state index in [0.717, 1.165) is 32.4 Å². The van der Waals surface area contributed by atoms with Crippen molar-refractivity contribution in [1.29, 1.82) is 0 Å². The fraction of sp³-hybridized carbons (Fsp3) is 0.522. The van der Waals surface area contributed by atoms with Gasteiger partial charge in [0.2, 0.25) is 5.91 Å². The van der Waals surface area contributed by atoms with Crippen LogP contribution in [-0.2, 0) is 21.4 Å². The average Bonchev–Trinajstić information content (AvgIpc) is 3.33. The summed E-state index contributed by atoms with van der Waals surface area (Å²) in [7, 11) is -1.30. The molecule has 1 aromatic heterocycles. The quantitative estimate of drug-likeness (QED) is 0.548. The van der Waals surface area contributed by atoms with Crippen LogP contribution >= 0.6 is 11.3 Å². The summed E-state index contributed by atoms with van der Waals surface area (Å²) in [5.74, 6) is 0.189. The molecule has 0 unspecified atom stereocenters. The topological polar surface area (TPSA) is 69.7 Å². The fourth-order valence-electron chi connectivity index (χ4n) is 4.06. The van der Waals surface area contributed by atoms with Gasteiger partial charge in [0.15, 0.2) is 0 Å². The van der Waals surface area contributed by atoms with Crippen molar-refractivity contribution >= 4 is 27.3 Å². The van der Waals surface area contributed by atoms with Crippen molar-refractivity contribution < 1.29 is 13.2 Å². The molecule has 1 aliphatic heterocycles. The maximum absolute atomic E-state index is 12.7. The standard InChI is InChI=1S/C23H33N3O3S2/c1-19(21-11-15-26(16-12-21)31(28,29)22-10-6-17-30-22)23(27)24-13-7-14-25(2)18-20-8-4-3-5-9-20/h3-6,8-10,17,19,21H,7,11-16,18H2,1-2H3,(H,24,27)/t19-/m1/s1. The van der Waals surface area contributed by atoms with E-state index < -0.39 is 10.0 Å². The Bertz CT molecular complexity index is 909. The van der Waals surface area contributed by atoms with E-state index in [9.17, 15) is 13.2 Å². The van der Waals surface area contributed by atoms with Crippen molar-refractivity contribution in [2.24, 2.45) is 11.8 Å². The van der Waals surface area contributed by atoms with Crippen LogP contribution in [0.15, 0.2) is 52.1 Å². The van der Waals surface area contributed by atoms with Gasteiger partial charge in [0.1, 0.15) is 4.21 Å². The first kappa shape index (κ1) is 23.9. The molecule has 1 aliphatic rings. The molecular weight excluding hydrogens is 430 g/mol. The van der Waals surface area contributed by atoms with Gasteiger partial charge < -0.3 is 10.2 Å². The van der Waals surface area contributed by atoms with Gasteiger partial charge in [-0.05, 0) is 55.8 Å². The van der Waals surface area contributed by atoms with Gasteiger partial charge in [0.05, 0.1) is 0 Å². The third-order valence-corrected chi connectivity index (χ3v) is 9.29. The van der Waals surface area contributed by atoms with Crippen LogP contribution in [0.2, 0.25) is 0 Å². The summed E-state index contributed by atoms with van der Waals surface area (Å²) in [6, 6.07) is 13.8. The van der Waals surface area contributed by atoms with E-state index in [4.69, 9.17) is 0 Å². The smallest absolute Gasteiger partial charge is 0.252 e. The van der Waals surface area contributed by atoms with Crippen molar-refractivity contribution in [2.45, 2.75) is 36.9 Å². The summed E-state index contributed by atoms with van der Waals surface area (Å²) in [4.78, 5) is 14.8. The Balaban J connectivity index is 1.36. The highest BCUT2D eigenvalue weighted by Crippen LogP contribution is 2.29. The lowest BCUT2D eigenvalue weighted by Crippen LogP contribution is -2.42.